The van der Waals surface area contributed by atoms with Crippen molar-refractivity contribution in [1.82, 2.24) is 20.7 Å². The first kappa shape index (κ1) is 23.7. The van der Waals surface area contributed by atoms with Crippen LogP contribution in [0.25, 0.3) is 0 Å². The first-order valence-corrected chi connectivity index (χ1v) is 11.6. The number of hydrogen-bond acceptors (Lipinski definition) is 8. The number of nitrogens with one attached hydrogen (secondary N) is 2. The van der Waals surface area contributed by atoms with Crippen molar-refractivity contribution in [1.29, 1.82) is 0 Å². The third-order valence-corrected chi connectivity index (χ3v) is 6.12. The number of carbonyl (C=O) groups is 3. The van der Waals surface area contributed by atoms with Crippen LogP contribution < -0.4 is 20.4 Å². The van der Waals surface area contributed by atoms with Gasteiger partial charge in [-0.05, 0) is 18.2 Å². The van der Waals surface area contributed by atoms with Gasteiger partial charge in [0.25, 0.3) is 0 Å². The molecule has 3 heterocycles. The topological polar surface area (TPSA) is 116 Å². The van der Waals surface area contributed by atoms with Crippen LogP contribution >= 0.6 is 11.3 Å². The lowest BCUT2D eigenvalue weighted by molar-refractivity contribution is -0.119. The number of halogens is 1. The smallest absolute Gasteiger partial charge is 0.414 e. The van der Waals surface area contributed by atoms with Crippen LogP contribution in [0.5, 0.6) is 0 Å². The van der Waals surface area contributed by atoms with E-state index in [2.05, 4.69) is 15.6 Å². The van der Waals surface area contributed by atoms with Crippen molar-refractivity contribution in [3.05, 3.63) is 40.6 Å². The molecule has 0 unspecified atom stereocenters. The molecule has 2 N–H and O–H groups in total. The first-order valence-electron chi connectivity index (χ1n) is 10.7. The van der Waals surface area contributed by atoms with Gasteiger partial charge in [-0.1, -0.05) is 0 Å². The molecule has 11 nitrogen and oxygen atoms in total. The van der Waals surface area contributed by atoms with Crippen LogP contribution in [0.4, 0.5) is 25.4 Å². The van der Waals surface area contributed by atoms with Crippen LogP contribution in [-0.4, -0.2) is 73.5 Å². The van der Waals surface area contributed by atoms with E-state index in [1.165, 1.54) is 34.3 Å². The summed E-state index contributed by atoms with van der Waals surface area (Å²) in [5, 5.41) is 6.62. The third kappa shape index (κ3) is 5.72. The summed E-state index contributed by atoms with van der Waals surface area (Å²) in [6.07, 6.45) is 0.591. The highest BCUT2D eigenvalue weighted by molar-refractivity contribution is 7.09. The van der Waals surface area contributed by atoms with Gasteiger partial charge in [-0.3, -0.25) is 19.5 Å². The van der Waals surface area contributed by atoms with Crippen LogP contribution in [0.15, 0.2) is 29.9 Å². The highest BCUT2D eigenvalue weighted by atomic mass is 32.1. The summed E-state index contributed by atoms with van der Waals surface area (Å²) in [5.74, 6) is -0.721. The second kappa shape index (κ2) is 10.7. The SMILES string of the molecule is CC(=O)NC[C@H]1CN(c2ccc(N3CCON(C(=O)NCc4cncs4)CC3)c(F)c2)C(=O)O1. The van der Waals surface area contributed by atoms with Gasteiger partial charge in [0, 0.05) is 31.1 Å². The molecule has 2 aliphatic rings. The lowest BCUT2D eigenvalue weighted by atomic mass is 10.2. The van der Waals surface area contributed by atoms with Crippen molar-refractivity contribution >= 4 is 40.7 Å². The van der Waals surface area contributed by atoms with Crippen molar-refractivity contribution in [3.63, 3.8) is 0 Å². The summed E-state index contributed by atoms with van der Waals surface area (Å²) in [5.41, 5.74) is 2.41. The number of anilines is 2. The van der Waals surface area contributed by atoms with Crippen LogP contribution in [0.2, 0.25) is 0 Å². The number of urea groups is 1. The quantitative estimate of drug-likeness (QED) is 0.631. The van der Waals surface area contributed by atoms with Crippen LogP contribution in [0, 0.1) is 5.82 Å². The largest absolute Gasteiger partial charge is 0.442 e. The number of nitrogens with zero attached hydrogens (tertiary/aromatic N) is 4. The van der Waals surface area contributed by atoms with E-state index in [9.17, 15) is 14.4 Å². The minimum atomic E-state index is -0.592. The molecule has 0 bridgehead atoms. The monoisotopic (exact) mass is 492 g/mol. The Morgan fingerprint density at radius 1 is 1.26 bits per heavy atom. The maximum absolute atomic E-state index is 15.0. The maximum atomic E-state index is 15.0. The number of aromatic nitrogens is 1. The van der Waals surface area contributed by atoms with E-state index in [0.29, 0.717) is 31.0 Å². The molecule has 2 aromatic rings. The standard InChI is InChI=1S/C21H25FN6O5S/c1-14(29)24-9-16-12-27(21(31)33-16)15-2-3-19(18(22)8-15)26-4-5-28(32-7-6-26)20(30)25-11-17-10-23-13-34-17/h2-3,8,10,13,16H,4-7,9,11-12H2,1H3,(H,24,29)(H,25,30)/t16-/m0/s1. The number of thiazole rings is 1. The number of cyclic esters (lactones) is 1. The Balaban J connectivity index is 1.34. The minimum absolute atomic E-state index is 0.195. The molecule has 1 aromatic carbocycles. The molecule has 0 spiro atoms. The normalized spacial score (nSPS) is 18.5. The predicted octanol–water partition coefficient (Wildman–Crippen LogP) is 1.71. The predicted molar refractivity (Wildman–Crippen MR) is 122 cm³/mol. The number of amides is 4. The molecule has 4 amide bonds. The summed E-state index contributed by atoms with van der Waals surface area (Å²) in [7, 11) is 0. The lowest BCUT2D eigenvalue weighted by Crippen LogP contribution is -2.41. The molecule has 0 aliphatic carbocycles. The highest BCUT2D eigenvalue weighted by Gasteiger charge is 2.33. The number of carbonyl (C=O) groups excluding carboxylic acids is 3. The molecule has 13 heteroatoms. The van der Waals surface area contributed by atoms with E-state index in [1.807, 2.05) is 0 Å². The van der Waals surface area contributed by atoms with E-state index in [1.54, 1.807) is 28.7 Å². The summed E-state index contributed by atoms with van der Waals surface area (Å²) in [4.78, 5) is 49.2. The van der Waals surface area contributed by atoms with E-state index < -0.39 is 18.0 Å². The number of hydrogen-bond donors (Lipinski definition) is 2. The van der Waals surface area contributed by atoms with Gasteiger partial charge < -0.3 is 20.3 Å². The molecular weight excluding hydrogens is 467 g/mol. The zero-order valence-electron chi connectivity index (χ0n) is 18.5. The summed E-state index contributed by atoms with van der Waals surface area (Å²) >= 11 is 1.44. The highest BCUT2D eigenvalue weighted by Crippen LogP contribution is 2.28. The van der Waals surface area contributed by atoms with Crippen molar-refractivity contribution in [3.8, 4) is 0 Å². The summed E-state index contributed by atoms with van der Waals surface area (Å²) < 4.78 is 20.3. The minimum Gasteiger partial charge on any atom is -0.442 e. The summed E-state index contributed by atoms with van der Waals surface area (Å²) in [6, 6.07) is 4.15. The van der Waals surface area contributed by atoms with Crippen molar-refractivity contribution in [2.45, 2.75) is 19.6 Å². The molecule has 0 saturated carbocycles. The Morgan fingerprint density at radius 2 is 2.12 bits per heavy atom. The maximum Gasteiger partial charge on any atom is 0.414 e. The average molecular weight is 493 g/mol. The van der Waals surface area contributed by atoms with Crippen molar-refractivity contribution in [2.75, 3.05) is 49.1 Å². The average Bonchev–Trinajstić information content (AvgIpc) is 3.39. The van der Waals surface area contributed by atoms with Gasteiger partial charge in [-0.2, -0.15) is 0 Å². The molecule has 1 aromatic heterocycles. The zero-order valence-corrected chi connectivity index (χ0v) is 19.3. The Hall–Kier alpha value is -3.45. The van der Waals surface area contributed by atoms with Gasteiger partial charge in [0.15, 0.2) is 0 Å². The van der Waals surface area contributed by atoms with E-state index in [0.717, 1.165) is 4.88 Å². The Labute approximate surface area is 199 Å². The number of ether oxygens (including phenoxy) is 1. The van der Waals surface area contributed by atoms with E-state index >= 15 is 4.39 Å². The second-order valence-electron chi connectivity index (χ2n) is 7.74. The fourth-order valence-corrected chi connectivity index (χ4v) is 4.18. The zero-order chi connectivity index (χ0) is 24.1. The van der Waals surface area contributed by atoms with Crippen LogP contribution in [-0.2, 0) is 20.9 Å². The Bertz CT molecular complexity index is 1040. The third-order valence-electron chi connectivity index (χ3n) is 5.34. The molecule has 34 heavy (non-hydrogen) atoms. The molecule has 1 atom stereocenters. The molecule has 2 fully saturated rings. The number of benzene rings is 1. The van der Waals surface area contributed by atoms with Gasteiger partial charge in [-0.15, -0.1) is 11.3 Å². The Morgan fingerprint density at radius 3 is 2.85 bits per heavy atom. The fourth-order valence-electron chi connectivity index (χ4n) is 3.65. The van der Waals surface area contributed by atoms with Gasteiger partial charge >= 0.3 is 12.1 Å². The van der Waals surface area contributed by atoms with Crippen LogP contribution in [0.1, 0.15) is 11.8 Å². The molecule has 2 saturated heterocycles. The lowest BCUT2D eigenvalue weighted by Gasteiger charge is -2.24. The Kier molecular flexibility index (Phi) is 7.43. The number of rotatable bonds is 6. The molecule has 0 radical (unpaired) electrons. The van der Waals surface area contributed by atoms with Crippen LogP contribution in [0.3, 0.4) is 0 Å². The van der Waals surface area contributed by atoms with Gasteiger partial charge in [0.2, 0.25) is 5.91 Å². The van der Waals surface area contributed by atoms with E-state index in [-0.39, 0.29) is 38.2 Å². The molecule has 2 aliphatic heterocycles. The molecular formula is C21H25FN6O5S. The van der Waals surface area contributed by atoms with E-state index in [4.69, 9.17) is 9.57 Å². The second-order valence-corrected chi connectivity index (χ2v) is 8.71. The van der Waals surface area contributed by atoms with Gasteiger partial charge in [0.05, 0.1) is 49.7 Å². The molecule has 182 valence electrons. The van der Waals surface area contributed by atoms with Gasteiger partial charge in [-0.25, -0.2) is 19.0 Å². The van der Waals surface area contributed by atoms with Gasteiger partial charge in [0.1, 0.15) is 11.9 Å². The van der Waals surface area contributed by atoms with Crippen molar-refractivity contribution < 1.29 is 28.3 Å². The number of hydroxylamine groups is 2. The first-order chi connectivity index (χ1) is 16.4. The fraction of sp³-hybridized carbons (Fsp3) is 0.429. The molecule has 4 rings (SSSR count). The summed E-state index contributed by atoms with van der Waals surface area (Å²) in [6.45, 7) is 3.35. The van der Waals surface area contributed by atoms with Crippen molar-refractivity contribution in [2.24, 2.45) is 0 Å².